The van der Waals surface area contributed by atoms with Gasteiger partial charge in [-0.3, -0.25) is 0 Å². The van der Waals surface area contributed by atoms with Gasteiger partial charge in [-0.2, -0.15) is 0 Å². The molecule has 284 valence electrons. The average molecular weight is 792 g/mol. The second kappa shape index (κ2) is 18.1. The van der Waals surface area contributed by atoms with Crippen molar-refractivity contribution in [2.24, 2.45) is 0 Å². The minimum Gasteiger partial charge on any atom is -0.481 e. The molecule has 0 amide bonds. The molecule has 2 saturated heterocycles. The van der Waals surface area contributed by atoms with Crippen LogP contribution >= 0.6 is 23.2 Å². The lowest BCUT2D eigenvalue weighted by molar-refractivity contribution is -0.220. The lowest BCUT2D eigenvalue weighted by Crippen LogP contribution is -2.47. The fourth-order valence-corrected chi connectivity index (χ4v) is 6.10. The van der Waals surface area contributed by atoms with Crippen LogP contribution in [-0.2, 0) is 28.7 Å². The van der Waals surface area contributed by atoms with Crippen LogP contribution in [0.25, 0.3) is 0 Å². The quantitative estimate of drug-likeness (QED) is 0.0823. The summed E-state index contributed by atoms with van der Waals surface area (Å²) >= 11 is 12.1. The fourth-order valence-electron chi connectivity index (χ4n) is 5.80. The summed E-state index contributed by atoms with van der Waals surface area (Å²) in [5.41, 5.74) is 1.22. The van der Waals surface area contributed by atoms with E-state index in [-0.39, 0.29) is 50.9 Å². The third-order valence-electron chi connectivity index (χ3n) is 8.26. The Kier molecular flexibility index (Phi) is 13.1. The van der Waals surface area contributed by atoms with E-state index in [2.05, 4.69) is 0 Å². The molecule has 2 fully saturated rings. The average Bonchev–Trinajstić information content (AvgIpc) is 3.16. The molecule has 54 heavy (non-hydrogen) atoms. The van der Waals surface area contributed by atoms with Crippen molar-refractivity contribution >= 4 is 35.1 Å². The summed E-state index contributed by atoms with van der Waals surface area (Å²) in [7, 11) is 0. The molecule has 2 unspecified atom stereocenters. The summed E-state index contributed by atoms with van der Waals surface area (Å²) in [6.07, 6.45) is -1.59. The van der Waals surface area contributed by atoms with E-state index in [0.717, 1.165) is 24.3 Å². The van der Waals surface area contributed by atoms with Gasteiger partial charge < -0.3 is 28.6 Å². The van der Waals surface area contributed by atoms with Crippen LogP contribution in [0.15, 0.2) is 97.1 Å². The number of carbonyl (C=O) groups is 2. The van der Waals surface area contributed by atoms with Crippen molar-refractivity contribution in [3.8, 4) is 11.5 Å². The molecule has 0 spiro atoms. The highest BCUT2D eigenvalue weighted by atomic mass is 35.5. The SMILES string of the molecule is O=C(/C=C/C(=O)ON1CCO[C@H](C(Oc2cc(F)cc(F)c2Cl)c2ccccc2)C1)ON1CCO[C@H](C(Oc2cc(F)cc(F)c2Cl)c2ccccc2)C1. The van der Waals surface area contributed by atoms with Gasteiger partial charge in [-0.05, 0) is 11.1 Å². The van der Waals surface area contributed by atoms with Gasteiger partial charge in [0.05, 0.1) is 39.4 Å². The van der Waals surface area contributed by atoms with E-state index in [1.54, 1.807) is 60.7 Å². The Balaban J connectivity index is 1.06. The second-order valence-electron chi connectivity index (χ2n) is 12.0. The van der Waals surface area contributed by atoms with Gasteiger partial charge in [0.25, 0.3) is 0 Å². The second-order valence-corrected chi connectivity index (χ2v) is 12.8. The molecule has 2 heterocycles. The fraction of sp³-hybridized carbons (Fsp3) is 0.263. The lowest BCUT2D eigenvalue weighted by Gasteiger charge is -2.36. The van der Waals surface area contributed by atoms with Crippen molar-refractivity contribution in [1.82, 2.24) is 10.1 Å². The number of morpholine rings is 2. The normalized spacial score (nSPS) is 19.2. The molecule has 0 radical (unpaired) electrons. The predicted octanol–water partition coefficient (Wildman–Crippen LogP) is 7.36. The number of carbonyl (C=O) groups excluding carboxylic acids is 2. The largest absolute Gasteiger partial charge is 0.481 e. The number of rotatable bonds is 12. The molecule has 2 aliphatic heterocycles. The number of benzene rings is 4. The number of hydroxylamine groups is 4. The van der Waals surface area contributed by atoms with Crippen LogP contribution in [0.2, 0.25) is 10.0 Å². The highest BCUT2D eigenvalue weighted by molar-refractivity contribution is 6.32. The number of hydrogen-bond acceptors (Lipinski definition) is 10. The van der Waals surface area contributed by atoms with E-state index in [0.29, 0.717) is 23.3 Å². The van der Waals surface area contributed by atoms with Crippen LogP contribution < -0.4 is 9.47 Å². The standard InChI is InChI=1S/C38H32Cl2F4N2O8/c39-35-27(43)17-25(41)19-29(35)51-37(23-7-3-1-4-8-23)31-21-45(13-15-49-31)53-33(47)11-12-34(48)54-46-14-16-50-32(22-46)38(24-9-5-2-6-10-24)52-30-20-26(42)18-28(44)36(30)40/h1-12,17-20,31-32,37-38H,13-16,21-22H2/b12-11+/t31-,32-,37?,38?/m0/s1. The molecule has 0 N–H and O–H groups in total. The van der Waals surface area contributed by atoms with Crippen molar-refractivity contribution < 1.29 is 55.8 Å². The molecule has 0 bridgehead atoms. The molecule has 2 aliphatic rings. The van der Waals surface area contributed by atoms with Gasteiger partial charge >= 0.3 is 11.9 Å². The van der Waals surface area contributed by atoms with Crippen LogP contribution in [0.1, 0.15) is 23.3 Å². The first-order valence-corrected chi connectivity index (χ1v) is 17.4. The Bertz CT molecular complexity index is 1820. The first-order chi connectivity index (χ1) is 26.0. The summed E-state index contributed by atoms with van der Waals surface area (Å²) in [6.45, 7) is 0.537. The highest BCUT2D eigenvalue weighted by Gasteiger charge is 2.35. The zero-order valence-corrected chi connectivity index (χ0v) is 29.7. The molecule has 0 saturated carbocycles. The zero-order chi connectivity index (χ0) is 38.2. The number of ether oxygens (including phenoxy) is 4. The summed E-state index contributed by atoms with van der Waals surface area (Å²) in [5, 5.41) is 1.81. The van der Waals surface area contributed by atoms with Crippen LogP contribution in [0.4, 0.5) is 17.6 Å². The van der Waals surface area contributed by atoms with Crippen molar-refractivity contribution in [1.29, 1.82) is 0 Å². The van der Waals surface area contributed by atoms with Gasteiger partial charge in [-0.1, -0.05) is 83.9 Å². The molecule has 4 aromatic rings. The first-order valence-electron chi connectivity index (χ1n) is 16.6. The Morgan fingerprint density at radius 3 is 1.43 bits per heavy atom. The zero-order valence-electron chi connectivity index (χ0n) is 28.2. The number of nitrogens with zero attached hydrogens (tertiary/aromatic N) is 2. The van der Waals surface area contributed by atoms with E-state index < -0.39 is 69.7 Å². The summed E-state index contributed by atoms with van der Waals surface area (Å²) in [6, 6.07) is 20.7. The van der Waals surface area contributed by atoms with E-state index >= 15 is 0 Å². The molecule has 10 nitrogen and oxygen atoms in total. The van der Waals surface area contributed by atoms with E-state index in [9.17, 15) is 27.2 Å². The first kappa shape index (κ1) is 39.0. The maximum absolute atomic E-state index is 14.2. The van der Waals surface area contributed by atoms with E-state index in [4.69, 9.17) is 51.8 Å². The molecule has 4 atom stereocenters. The lowest BCUT2D eigenvalue weighted by atomic mass is 10.0. The maximum Gasteiger partial charge on any atom is 0.349 e. The van der Waals surface area contributed by atoms with E-state index in [1.807, 2.05) is 0 Å². The Morgan fingerprint density at radius 2 is 1.04 bits per heavy atom. The number of halogens is 6. The monoisotopic (exact) mass is 790 g/mol. The van der Waals surface area contributed by atoms with Crippen molar-refractivity contribution in [3.05, 3.63) is 142 Å². The summed E-state index contributed by atoms with van der Waals surface area (Å²) < 4.78 is 80.3. The van der Waals surface area contributed by atoms with Crippen molar-refractivity contribution in [2.45, 2.75) is 24.4 Å². The van der Waals surface area contributed by atoms with Crippen LogP contribution in [0.5, 0.6) is 11.5 Å². The summed E-state index contributed by atoms with van der Waals surface area (Å²) in [5.74, 6) is -6.00. The van der Waals surface area contributed by atoms with E-state index in [1.165, 1.54) is 10.1 Å². The highest BCUT2D eigenvalue weighted by Crippen LogP contribution is 2.36. The summed E-state index contributed by atoms with van der Waals surface area (Å²) in [4.78, 5) is 36.4. The molecule has 0 aliphatic carbocycles. The molecular weight excluding hydrogens is 759 g/mol. The van der Waals surface area contributed by atoms with Gasteiger partial charge in [-0.15, -0.1) is 10.1 Å². The molecule has 16 heteroatoms. The smallest absolute Gasteiger partial charge is 0.349 e. The molecule has 4 aromatic carbocycles. The third kappa shape index (κ3) is 10.1. The van der Waals surface area contributed by atoms with Crippen molar-refractivity contribution in [2.75, 3.05) is 39.4 Å². The van der Waals surface area contributed by atoms with Gasteiger partial charge in [-0.25, -0.2) is 27.2 Å². The Labute approximate surface area is 317 Å². The molecular formula is C38H32Cl2F4N2O8. The molecule has 6 rings (SSSR count). The topological polar surface area (TPSA) is 96.0 Å². The Hall–Kier alpha value is -4.70. The van der Waals surface area contributed by atoms with Crippen LogP contribution in [0, 0.1) is 23.3 Å². The van der Waals surface area contributed by atoms with Gasteiger partial charge in [0.2, 0.25) is 0 Å². The van der Waals surface area contributed by atoms with Gasteiger partial charge in [0.1, 0.15) is 57.0 Å². The Morgan fingerprint density at radius 1 is 0.648 bits per heavy atom. The minimum atomic E-state index is -0.994. The van der Waals surface area contributed by atoms with Gasteiger partial charge in [0, 0.05) is 36.4 Å². The van der Waals surface area contributed by atoms with Crippen molar-refractivity contribution in [3.63, 3.8) is 0 Å². The molecule has 0 aromatic heterocycles. The third-order valence-corrected chi connectivity index (χ3v) is 9.00. The van der Waals surface area contributed by atoms with Crippen LogP contribution in [0.3, 0.4) is 0 Å². The van der Waals surface area contributed by atoms with Gasteiger partial charge in [0.15, 0.2) is 12.2 Å². The minimum absolute atomic E-state index is 0.00764. The predicted molar refractivity (Wildman–Crippen MR) is 186 cm³/mol. The number of hydrogen-bond donors (Lipinski definition) is 0. The maximum atomic E-state index is 14.2. The van der Waals surface area contributed by atoms with Crippen LogP contribution in [-0.4, -0.2) is 73.7 Å².